The van der Waals surface area contributed by atoms with Gasteiger partial charge in [-0.3, -0.25) is 9.35 Å². The minimum absolute atomic E-state index is 0.0125. The molecular weight excluding hydrogens is 565 g/mol. The molecule has 4 rings (SSSR count). The smallest absolute Gasteiger partial charge is 0.296 e. The highest BCUT2D eigenvalue weighted by atomic mass is 35.5. The summed E-state index contributed by atoms with van der Waals surface area (Å²) in [5, 5.41) is 23.2. The molecule has 0 bridgehead atoms. The average molecular weight is 588 g/mol. The fourth-order valence-corrected chi connectivity index (χ4v) is 5.16. The van der Waals surface area contributed by atoms with Crippen molar-refractivity contribution in [3.8, 4) is 11.5 Å². The van der Waals surface area contributed by atoms with Crippen molar-refractivity contribution >= 4 is 67.1 Å². The van der Waals surface area contributed by atoms with Crippen molar-refractivity contribution in [3.05, 3.63) is 81.8 Å². The lowest BCUT2D eigenvalue weighted by Crippen LogP contribution is -2.12. The molecule has 0 aliphatic heterocycles. The number of amides is 1. The molecule has 0 aromatic heterocycles. The molecule has 0 saturated heterocycles. The lowest BCUT2D eigenvalue weighted by atomic mass is 10.0. The lowest BCUT2D eigenvalue weighted by Gasteiger charge is -2.13. The van der Waals surface area contributed by atoms with Crippen LogP contribution in [-0.4, -0.2) is 30.6 Å². The summed E-state index contributed by atoms with van der Waals surface area (Å²) in [6.07, 6.45) is 0.465. The molecule has 0 aliphatic rings. The maximum Gasteiger partial charge on any atom is 0.296 e. The van der Waals surface area contributed by atoms with E-state index < -0.39 is 26.7 Å². The number of benzene rings is 4. The van der Waals surface area contributed by atoms with E-state index in [0.29, 0.717) is 45.8 Å². The third-order valence-corrected chi connectivity index (χ3v) is 7.40. The van der Waals surface area contributed by atoms with Gasteiger partial charge in [-0.1, -0.05) is 60.5 Å². The highest BCUT2D eigenvalue weighted by Gasteiger charge is 2.22. The molecule has 4 aromatic rings. The number of fused-ring (bicyclic) bond motifs is 1. The van der Waals surface area contributed by atoms with Crippen LogP contribution in [0.2, 0.25) is 10.0 Å². The largest absolute Gasteiger partial charge is 0.505 e. The molecule has 0 fully saturated rings. The quantitative estimate of drug-likeness (QED) is 0.142. The molecule has 1 amide bonds. The van der Waals surface area contributed by atoms with Crippen LogP contribution in [0.4, 0.5) is 17.1 Å². The zero-order valence-electron chi connectivity index (χ0n) is 20.8. The summed E-state index contributed by atoms with van der Waals surface area (Å²) in [6.45, 7) is 4.06. The van der Waals surface area contributed by atoms with E-state index >= 15 is 0 Å². The minimum Gasteiger partial charge on any atom is -0.505 e. The molecule has 202 valence electrons. The Kier molecular flexibility index (Phi) is 8.41. The summed E-state index contributed by atoms with van der Waals surface area (Å²) in [5.74, 6) is -0.689. The van der Waals surface area contributed by atoms with Gasteiger partial charge in [0.2, 0.25) is 0 Å². The van der Waals surface area contributed by atoms with Gasteiger partial charge in [0.15, 0.2) is 5.75 Å². The number of rotatable bonds is 8. The maximum atomic E-state index is 13.2. The molecule has 0 saturated carbocycles. The van der Waals surface area contributed by atoms with Crippen LogP contribution in [0.25, 0.3) is 10.8 Å². The third-order valence-electron chi connectivity index (χ3n) is 5.80. The fourth-order valence-electron chi connectivity index (χ4n) is 3.90. The first-order valence-electron chi connectivity index (χ1n) is 11.7. The van der Waals surface area contributed by atoms with E-state index in [1.807, 2.05) is 13.8 Å². The first kappa shape index (κ1) is 28.3. The second kappa shape index (κ2) is 11.6. The zero-order chi connectivity index (χ0) is 28.3. The van der Waals surface area contributed by atoms with Gasteiger partial charge in [-0.05, 0) is 54.6 Å². The Morgan fingerprint density at radius 1 is 1.00 bits per heavy atom. The number of aromatic hydroxyl groups is 1. The number of anilines is 1. The number of carbonyl (C=O) groups excluding carboxylic acids is 1. The molecule has 3 N–H and O–H groups in total. The molecule has 0 atom stereocenters. The van der Waals surface area contributed by atoms with Crippen molar-refractivity contribution in [2.24, 2.45) is 10.2 Å². The van der Waals surface area contributed by atoms with Gasteiger partial charge in [0.1, 0.15) is 22.0 Å². The normalized spacial score (nSPS) is 11.7. The number of phenols is 1. The van der Waals surface area contributed by atoms with Gasteiger partial charge in [0, 0.05) is 11.1 Å². The molecule has 0 aliphatic carbocycles. The van der Waals surface area contributed by atoms with Crippen molar-refractivity contribution in [2.75, 3.05) is 11.9 Å². The van der Waals surface area contributed by atoms with Crippen LogP contribution >= 0.6 is 23.2 Å². The molecule has 12 heteroatoms. The van der Waals surface area contributed by atoms with Crippen molar-refractivity contribution in [3.63, 3.8) is 0 Å². The van der Waals surface area contributed by atoms with Gasteiger partial charge in [-0.2, -0.15) is 8.42 Å². The maximum absolute atomic E-state index is 13.2. The van der Waals surface area contributed by atoms with Gasteiger partial charge in [-0.15, -0.1) is 10.2 Å². The number of nitrogens with one attached hydrogen (secondary N) is 1. The fraction of sp³-hybridized carbons (Fsp3) is 0.148. The predicted octanol–water partition coefficient (Wildman–Crippen LogP) is 7.73. The van der Waals surface area contributed by atoms with Gasteiger partial charge in [-0.25, -0.2) is 0 Å². The molecule has 0 spiro atoms. The van der Waals surface area contributed by atoms with Crippen LogP contribution < -0.4 is 10.1 Å². The number of hydrogen-bond acceptors (Lipinski definition) is 7. The van der Waals surface area contributed by atoms with Gasteiger partial charge in [0.25, 0.3) is 16.0 Å². The molecule has 9 nitrogen and oxygen atoms in total. The monoisotopic (exact) mass is 587 g/mol. The zero-order valence-corrected chi connectivity index (χ0v) is 23.1. The predicted molar refractivity (Wildman–Crippen MR) is 151 cm³/mol. The Morgan fingerprint density at radius 2 is 1.72 bits per heavy atom. The van der Waals surface area contributed by atoms with Crippen LogP contribution in [0.3, 0.4) is 0 Å². The molecule has 4 aromatic carbocycles. The molecule has 0 unspecified atom stereocenters. The average Bonchev–Trinajstić information content (AvgIpc) is 2.89. The van der Waals surface area contributed by atoms with E-state index in [-0.39, 0.29) is 22.0 Å². The Morgan fingerprint density at radius 3 is 2.38 bits per heavy atom. The summed E-state index contributed by atoms with van der Waals surface area (Å²) in [5.41, 5.74) is 0.443. The minimum atomic E-state index is -4.69. The SMILES string of the molecule is CCOc1ccc(NC(=O)c2cc3ccccc3c(N=Nc3c(S(=O)(=O)O)ccc(CC)c3Cl)c2O)cc1Cl. The number of phenolic OH excluding ortho intramolecular Hbond substituents is 1. The van der Waals surface area contributed by atoms with Gasteiger partial charge in [0.05, 0.1) is 22.2 Å². The van der Waals surface area contributed by atoms with Crippen molar-refractivity contribution in [2.45, 2.75) is 25.2 Å². The standard InChI is InChI=1S/C27H23Cl2N3O6S/c1-3-15-9-12-22(39(35,36)37)25(23(15)29)32-31-24-18-8-6-5-7-16(18)13-19(26(24)33)27(34)30-17-10-11-21(38-4-2)20(28)14-17/h5-14,33H,3-4H2,1-2H3,(H,30,34)(H,35,36,37). The number of azo groups is 1. The van der Waals surface area contributed by atoms with Crippen molar-refractivity contribution < 1.29 is 27.6 Å². The highest BCUT2D eigenvalue weighted by Crippen LogP contribution is 2.42. The number of aryl methyl sites for hydroxylation is 1. The summed E-state index contributed by atoms with van der Waals surface area (Å²) in [4.78, 5) is 12.7. The van der Waals surface area contributed by atoms with Gasteiger partial charge < -0.3 is 15.2 Å². The van der Waals surface area contributed by atoms with E-state index in [2.05, 4.69) is 15.5 Å². The third kappa shape index (κ3) is 5.99. The van der Waals surface area contributed by atoms with Crippen LogP contribution in [0.5, 0.6) is 11.5 Å². The number of halogens is 2. The molecule has 0 heterocycles. The van der Waals surface area contributed by atoms with E-state index in [1.54, 1.807) is 36.4 Å². The van der Waals surface area contributed by atoms with Crippen LogP contribution in [0.15, 0.2) is 75.8 Å². The Bertz CT molecular complexity index is 1720. The Balaban J connectivity index is 1.81. The van der Waals surface area contributed by atoms with Crippen LogP contribution in [-0.2, 0) is 16.5 Å². The first-order chi connectivity index (χ1) is 18.5. The van der Waals surface area contributed by atoms with Gasteiger partial charge >= 0.3 is 0 Å². The lowest BCUT2D eigenvalue weighted by molar-refractivity contribution is 0.102. The van der Waals surface area contributed by atoms with E-state index in [0.717, 1.165) is 0 Å². The van der Waals surface area contributed by atoms with Crippen molar-refractivity contribution in [1.82, 2.24) is 0 Å². The topological polar surface area (TPSA) is 138 Å². The number of nitrogens with zero attached hydrogens (tertiary/aromatic N) is 2. The van der Waals surface area contributed by atoms with E-state index in [9.17, 15) is 22.9 Å². The van der Waals surface area contributed by atoms with E-state index in [4.69, 9.17) is 27.9 Å². The Labute approximate surface area is 234 Å². The molecular formula is C27H23Cl2N3O6S. The second-order valence-corrected chi connectivity index (χ2v) is 10.5. The number of carbonyl (C=O) groups is 1. The van der Waals surface area contributed by atoms with Crippen LogP contribution in [0.1, 0.15) is 29.8 Å². The summed E-state index contributed by atoms with van der Waals surface area (Å²) in [6, 6.07) is 15.7. The molecule has 0 radical (unpaired) electrons. The second-order valence-electron chi connectivity index (χ2n) is 8.29. The van der Waals surface area contributed by atoms with Crippen molar-refractivity contribution in [1.29, 1.82) is 0 Å². The number of ether oxygens (including phenoxy) is 1. The first-order valence-corrected chi connectivity index (χ1v) is 13.9. The molecule has 39 heavy (non-hydrogen) atoms. The summed E-state index contributed by atoms with van der Waals surface area (Å²) >= 11 is 12.6. The summed E-state index contributed by atoms with van der Waals surface area (Å²) < 4.78 is 39.0. The van der Waals surface area contributed by atoms with E-state index in [1.165, 1.54) is 24.3 Å². The van der Waals surface area contributed by atoms with Crippen LogP contribution in [0, 0.1) is 0 Å². The summed E-state index contributed by atoms with van der Waals surface area (Å²) in [7, 11) is -4.69. The highest BCUT2D eigenvalue weighted by molar-refractivity contribution is 7.86. The number of hydrogen-bond donors (Lipinski definition) is 3. The Hall–Kier alpha value is -3.70.